The molecule has 0 saturated carbocycles. The molecule has 0 saturated heterocycles. The van der Waals surface area contributed by atoms with Crippen LogP contribution in [-0.2, 0) is 0 Å². The normalized spacial score (nSPS) is 14.1. The van der Waals surface area contributed by atoms with E-state index in [1.807, 2.05) is 0 Å². The van der Waals surface area contributed by atoms with E-state index in [1.54, 1.807) is 0 Å². The first-order chi connectivity index (χ1) is 7.47. The molecule has 2 heteroatoms. The molecule has 0 fully saturated rings. The summed E-state index contributed by atoms with van der Waals surface area (Å²) in [5.41, 5.74) is 0. The van der Waals surface area contributed by atoms with E-state index >= 15 is 0 Å². The second-order valence-electron chi connectivity index (χ2n) is 5.75. The molecule has 1 atom stereocenters. The Balaban J connectivity index is 3.76. The smallest absolute Gasteiger partial charge is 0.00387 e. The van der Waals surface area contributed by atoms with Crippen molar-refractivity contribution in [2.75, 3.05) is 26.2 Å². The number of nitrogens with one attached hydrogen (secondary N) is 1. The van der Waals surface area contributed by atoms with Gasteiger partial charge < -0.3 is 10.2 Å². The van der Waals surface area contributed by atoms with Crippen LogP contribution in [0.25, 0.3) is 0 Å². The second kappa shape index (κ2) is 9.00. The van der Waals surface area contributed by atoms with Gasteiger partial charge in [-0.15, -0.1) is 0 Å². The van der Waals surface area contributed by atoms with E-state index in [-0.39, 0.29) is 0 Å². The molecule has 0 aromatic carbocycles. The Bertz CT molecular complexity index is 155. The maximum atomic E-state index is 3.54. The number of nitrogens with zero attached hydrogens (tertiary/aromatic N) is 1. The Morgan fingerprint density at radius 2 is 1.62 bits per heavy atom. The average Bonchev–Trinajstić information content (AvgIpc) is 2.16. The van der Waals surface area contributed by atoms with E-state index in [4.69, 9.17) is 0 Å². The Kier molecular flexibility index (Phi) is 8.96. The quantitative estimate of drug-likeness (QED) is 0.652. The molecule has 0 aliphatic heterocycles. The molecule has 0 heterocycles. The summed E-state index contributed by atoms with van der Waals surface area (Å²) in [6.07, 6.45) is 1.25. The van der Waals surface area contributed by atoms with E-state index in [1.165, 1.54) is 19.5 Å². The molecule has 0 aromatic heterocycles. The molecule has 0 aromatic rings. The molecule has 98 valence electrons. The van der Waals surface area contributed by atoms with Crippen LogP contribution in [0.2, 0.25) is 0 Å². The van der Waals surface area contributed by atoms with Crippen LogP contribution in [0.5, 0.6) is 0 Å². The van der Waals surface area contributed by atoms with E-state index in [0.717, 1.165) is 24.9 Å². The van der Waals surface area contributed by atoms with Gasteiger partial charge in [-0.25, -0.2) is 0 Å². The lowest BCUT2D eigenvalue weighted by Crippen LogP contribution is -2.38. The summed E-state index contributed by atoms with van der Waals surface area (Å²) in [7, 11) is 0. The van der Waals surface area contributed by atoms with Gasteiger partial charge in [0.05, 0.1) is 0 Å². The first-order valence-corrected chi connectivity index (χ1v) is 6.92. The van der Waals surface area contributed by atoms with Crippen LogP contribution in [0.1, 0.15) is 48.0 Å². The summed E-state index contributed by atoms with van der Waals surface area (Å²) in [4.78, 5) is 2.59. The molecule has 0 aliphatic carbocycles. The Labute approximate surface area is 103 Å². The maximum absolute atomic E-state index is 3.54. The third-order valence-corrected chi connectivity index (χ3v) is 2.83. The zero-order chi connectivity index (χ0) is 12.6. The van der Waals surface area contributed by atoms with Crippen molar-refractivity contribution in [3.8, 4) is 0 Å². The standard InChI is InChI=1S/C14H32N2/c1-7-8-16(13(4)5)11-14(6)10-15-9-12(2)3/h12-15H,7-11H2,1-6H3. The minimum Gasteiger partial charge on any atom is -0.316 e. The van der Waals surface area contributed by atoms with Crippen LogP contribution in [0.15, 0.2) is 0 Å². The number of hydrogen-bond donors (Lipinski definition) is 1. The zero-order valence-electron chi connectivity index (χ0n) is 12.2. The number of hydrogen-bond acceptors (Lipinski definition) is 2. The minimum atomic E-state index is 0.674. The predicted molar refractivity (Wildman–Crippen MR) is 73.9 cm³/mol. The SMILES string of the molecule is CCCN(CC(C)CNCC(C)C)C(C)C. The van der Waals surface area contributed by atoms with Crippen LogP contribution in [-0.4, -0.2) is 37.1 Å². The molecular formula is C14H32N2. The van der Waals surface area contributed by atoms with E-state index in [9.17, 15) is 0 Å². The average molecular weight is 228 g/mol. The molecule has 0 spiro atoms. The first-order valence-electron chi connectivity index (χ1n) is 6.92. The van der Waals surface area contributed by atoms with E-state index in [0.29, 0.717) is 6.04 Å². The highest BCUT2D eigenvalue weighted by atomic mass is 15.1. The molecule has 0 radical (unpaired) electrons. The Morgan fingerprint density at radius 3 is 2.06 bits per heavy atom. The predicted octanol–water partition coefficient (Wildman–Crippen LogP) is 2.99. The highest BCUT2D eigenvalue weighted by Gasteiger charge is 2.12. The van der Waals surface area contributed by atoms with E-state index in [2.05, 4.69) is 51.8 Å². The summed E-state index contributed by atoms with van der Waals surface area (Å²) in [5.74, 6) is 1.50. The van der Waals surface area contributed by atoms with Crippen LogP contribution in [0.3, 0.4) is 0 Å². The Hall–Kier alpha value is -0.0800. The summed E-state index contributed by atoms with van der Waals surface area (Å²) < 4.78 is 0. The highest BCUT2D eigenvalue weighted by molar-refractivity contribution is 4.68. The van der Waals surface area contributed by atoms with Crippen molar-refractivity contribution in [2.24, 2.45) is 11.8 Å². The topological polar surface area (TPSA) is 15.3 Å². The molecule has 16 heavy (non-hydrogen) atoms. The van der Waals surface area contributed by atoms with Gasteiger partial charge in [0.1, 0.15) is 0 Å². The van der Waals surface area contributed by atoms with Gasteiger partial charge in [-0.3, -0.25) is 0 Å². The van der Waals surface area contributed by atoms with Crippen molar-refractivity contribution >= 4 is 0 Å². The van der Waals surface area contributed by atoms with Gasteiger partial charge in [-0.05, 0) is 51.7 Å². The molecule has 0 rings (SSSR count). The van der Waals surface area contributed by atoms with Crippen LogP contribution in [0, 0.1) is 11.8 Å². The van der Waals surface area contributed by atoms with Gasteiger partial charge in [0.2, 0.25) is 0 Å². The molecule has 1 N–H and O–H groups in total. The number of rotatable bonds is 9. The molecule has 0 aliphatic rings. The minimum absolute atomic E-state index is 0.674. The van der Waals surface area contributed by atoms with Gasteiger partial charge >= 0.3 is 0 Å². The van der Waals surface area contributed by atoms with Gasteiger partial charge in [-0.2, -0.15) is 0 Å². The van der Waals surface area contributed by atoms with Crippen LogP contribution < -0.4 is 5.32 Å². The van der Waals surface area contributed by atoms with Gasteiger partial charge in [0, 0.05) is 12.6 Å². The largest absolute Gasteiger partial charge is 0.316 e. The van der Waals surface area contributed by atoms with Crippen molar-refractivity contribution in [1.29, 1.82) is 0 Å². The first kappa shape index (κ1) is 15.9. The fraction of sp³-hybridized carbons (Fsp3) is 1.00. The zero-order valence-corrected chi connectivity index (χ0v) is 12.2. The molecule has 1 unspecified atom stereocenters. The van der Waals surface area contributed by atoms with Crippen molar-refractivity contribution < 1.29 is 0 Å². The molecule has 0 bridgehead atoms. The van der Waals surface area contributed by atoms with Gasteiger partial charge in [-0.1, -0.05) is 27.7 Å². The van der Waals surface area contributed by atoms with E-state index < -0.39 is 0 Å². The second-order valence-corrected chi connectivity index (χ2v) is 5.75. The lowest BCUT2D eigenvalue weighted by atomic mass is 10.1. The summed E-state index contributed by atoms with van der Waals surface area (Å²) >= 11 is 0. The molecule has 0 amide bonds. The summed E-state index contributed by atoms with van der Waals surface area (Å²) in [6.45, 7) is 18.4. The Morgan fingerprint density at radius 1 is 1.00 bits per heavy atom. The summed E-state index contributed by atoms with van der Waals surface area (Å²) in [6, 6.07) is 0.674. The highest BCUT2D eigenvalue weighted by Crippen LogP contribution is 2.05. The van der Waals surface area contributed by atoms with Crippen molar-refractivity contribution in [3.63, 3.8) is 0 Å². The van der Waals surface area contributed by atoms with Gasteiger partial charge in [0.25, 0.3) is 0 Å². The molecule has 2 nitrogen and oxygen atoms in total. The third kappa shape index (κ3) is 8.12. The van der Waals surface area contributed by atoms with Gasteiger partial charge in [0.15, 0.2) is 0 Å². The fourth-order valence-electron chi connectivity index (χ4n) is 1.93. The van der Waals surface area contributed by atoms with Crippen molar-refractivity contribution in [2.45, 2.75) is 54.0 Å². The lowest BCUT2D eigenvalue weighted by Gasteiger charge is -2.29. The molecular weight excluding hydrogens is 196 g/mol. The van der Waals surface area contributed by atoms with Crippen LogP contribution >= 0.6 is 0 Å². The monoisotopic (exact) mass is 228 g/mol. The third-order valence-electron chi connectivity index (χ3n) is 2.83. The fourth-order valence-corrected chi connectivity index (χ4v) is 1.93. The lowest BCUT2D eigenvalue weighted by molar-refractivity contribution is 0.190. The van der Waals surface area contributed by atoms with Crippen molar-refractivity contribution in [1.82, 2.24) is 10.2 Å². The summed E-state index contributed by atoms with van der Waals surface area (Å²) in [5, 5.41) is 3.54. The maximum Gasteiger partial charge on any atom is 0.00387 e. The van der Waals surface area contributed by atoms with Crippen LogP contribution in [0.4, 0.5) is 0 Å². The van der Waals surface area contributed by atoms with Crippen molar-refractivity contribution in [3.05, 3.63) is 0 Å².